The van der Waals surface area contributed by atoms with Crippen molar-refractivity contribution in [2.75, 3.05) is 24.5 Å². The average molecular weight is 277 g/mol. The Morgan fingerprint density at radius 2 is 2.00 bits per heavy atom. The van der Waals surface area contributed by atoms with E-state index < -0.39 is 0 Å². The van der Waals surface area contributed by atoms with Gasteiger partial charge in [-0.1, -0.05) is 19.9 Å². The predicted octanol–water partition coefficient (Wildman–Crippen LogP) is 2.44. The molecule has 0 bridgehead atoms. The van der Waals surface area contributed by atoms with Gasteiger partial charge in [0.25, 0.3) is 0 Å². The number of rotatable bonds is 5. The lowest BCUT2D eigenvalue weighted by molar-refractivity contribution is -0.00546. The van der Waals surface area contributed by atoms with Crippen LogP contribution in [0.25, 0.3) is 0 Å². The third kappa shape index (κ3) is 4.46. The molecule has 0 spiro atoms. The van der Waals surface area contributed by atoms with Gasteiger partial charge in [-0.3, -0.25) is 0 Å². The Morgan fingerprint density at radius 3 is 2.65 bits per heavy atom. The van der Waals surface area contributed by atoms with Crippen molar-refractivity contribution in [1.29, 1.82) is 0 Å². The summed E-state index contributed by atoms with van der Waals surface area (Å²) in [4.78, 5) is 7.09. The molecular formula is C16H27N3O. The first-order valence-corrected chi connectivity index (χ1v) is 7.61. The average Bonchev–Trinajstić information content (AvgIpc) is 2.37. The number of hydrogen-bond donors (Lipinski definition) is 1. The van der Waals surface area contributed by atoms with Crippen LogP contribution in [0.1, 0.15) is 33.4 Å². The quantitative estimate of drug-likeness (QED) is 0.897. The molecular weight excluding hydrogens is 250 g/mol. The second-order valence-corrected chi connectivity index (χ2v) is 6.17. The van der Waals surface area contributed by atoms with E-state index in [1.165, 1.54) is 0 Å². The standard InChI is InChI=1S/C16H27N3O/c1-12(2)8-17-9-15-6-5-7-16(18-15)19-10-13(3)20-14(4)11-19/h5-7,12-14,17H,8-11H2,1-4H3. The fourth-order valence-corrected chi connectivity index (χ4v) is 2.60. The summed E-state index contributed by atoms with van der Waals surface area (Å²) in [5.74, 6) is 1.73. The molecule has 4 nitrogen and oxygen atoms in total. The molecule has 0 aromatic carbocycles. The molecule has 2 rings (SSSR count). The third-order valence-electron chi connectivity index (χ3n) is 3.39. The topological polar surface area (TPSA) is 37.4 Å². The molecule has 4 heteroatoms. The maximum absolute atomic E-state index is 5.78. The zero-order chi connectivity index (χ0) is 14.5. The summed E-state index contributed by atoms with van der Waals surface area (Å²) in [7, 11) is 0. The van der Waals surface area contributed by atoms with E-state index in [-0.39, 0.29) is 12.2 Å². The van der Waals surface area contributed by atoms with Crippen molar-refractivity contribution in [3.63, 3.8) is 0 Å². The summed E-state index contributed by atoms with van der Waals surface area (Å²) in [6.07, 6.45) is 0.534. The van der Waals surface area contributed by atoms with E-state index in [9.17, 15) is 0 Å². The molecule has 1 saturated heterocycles. The molecule has 1 fully saturated rings. The summed E-state index contributed by atoms with van der Waals surface area (Å²) in [6.45, 7) is 12.4. The van der Waals surface area contributed by atoms with E-state index in [4.69, 9.17) is 9.72 Å². The van der Waals surface area contributed by atoms with Crippen LogP contribution in [0.4, 0.5) is 5.82 Å². The largest absolute Gasteiger partial charge is 0.372 e. The molecule has 1 N–H and O–H groups in total. The summed E-state index contributed by atoms with van der Waals surface area (Å²) in [5, 5.41) is 3.44. The van der Waals surface area contributed by atoms with Crippen LogP contribution in [0.5, 0.6) is 0 Å². The summed E-state index contributed by atoms with van der Waals surface area (Å²) >= 11 is 0. The van der Waals surface area contributed by atoms with Crippen LogP contribution < -0.4 is 10.2 Å². The van der Waals surface area contributed by atoms with Crippen molar-refractivity contribution in [2.45, 2.75) is 46.4 Å². The Bertz CT molecular complexity index is 412. The molecule has 1 aromatic heterocycles. The molecule has 2 unspecified atom stereocenters. The molecule has 1 aliphatic rings. The Morgan fingerprint density at radius 1 is 1.30 bits per heavy atom. The van der Waals surface area contributed by atoms with Crippen molar-refractivity contribution in [2.24, 2.45) is 5.92 Å². The van der Waals surface area contributed by atoms with Gasteiger partial charge in [-0.2, -0.15) is 0 Å². The zero-order valence-corrected chi connectivity index (χ0v) is 13.1. The van der Waals surface area contributed by atoms with Gasteiger partial charge in [-0.25, -0.2) is 4.98 Å². The smallest absolute Gasteiger partial charge is 0.129 e. The normalized spacial score (nSPS) is 23.4. The molecule has 112 valence electrons. The highest BCUT2D eigenvalue weighted by Crippen LogP contribution is 2.18. The number of ether oxygens (including phenoxy) is 1. The Labute approximate surface area is 122 Å². The second-order valence-electron chi connectivity index (χ2n) is 6.17. The van der Waals surface area contributed by atoms with Gasteiger partial charge in [0.2, 0.25) is 0 Å². The van der Waals surface area contributed by atoms with Crippen molar-refractivity contribution in [3.8, 4) is 0 Å². The Hall–Kier alpha value is -1.13. The maximum Gasteiger partial charge on any atom is 0.129 e. The van der Waals surface area contributed by atoms with Crippen LogP contribution in [0.2, 0.25) is 0 Å². The summed E-state index contributed by atoms with van der Waals surface area (Å²) in [5.41, 5.74) is 1.11. The van der Waals surface area contributed by atoms with Gasteiger partial charge in [0.05, 0.1) is 17.9 Å². The lowest BCUT2D eigenvalue weighted by Gasteiger charge is -2.36. The van der Waals surface area contributed by atoms with Crippen LogP contribution in [0, 0.1) is 5.92 Å². The molecule has 20 heavy (non-hydrogen) atoms. The molecule has 2 atom stereocenters. The van der Waals surface area contributed by atoms with Crippen LogP contribution in [-0.4, -0.2) is 36.8 Å². The van der Waals surface area contributed by atoms with Crippen LogP contribution >= 0.6 is 0 Å². The first-order chi connectivity index (χ1) is 9.54. The summed E-state index contributed by atoms with van der Waals surface area (Å²) in [6, 6.07) is 6.28. The van der Waals surface area contributed by atoms with E-state index in [1.54, 1.807) is 0 Å². The van der Waals surface area contributed by atoms with Crippen molar-refractivity contribution >= 4 is 5.82 Å². The fourth-order valence-electron chi connectivity index (χ4n) is 2.60. The molecule has 2 heterocycles. The fraction of sp³-hybridized carbons (Fsp3) is 0.688. The van der Waals surface area contributed by atoms with Gasteiger partial charge in [-0.05, 0) is 38.4 Å². The van der Waals surface area contributed by atoms with Crippen LogP contribution in [0.3, 0.4) is 0 Å². The van der Waals surface area contributed by atoms with E-state index in [2.05, 4.69) is 56.1 Å². The van der Waals surface area contributed by atoms with E-state index in [1.807, 2.05) is 0 Å². The van der Waals surface area contributed by atoms with Gasteiger partial charge in [0.15, 0.2) is 0 Å². The highest BCUT2D eigenvalue weighted by molar-refractivity contribution is 5.40. The molecule has 0 saturated carbocycles. The lowest BCUT2D eigenvalue weighted by Crippen LogP contribution is -2.45. The minimum absolute atomic E-state index is 0.267. The molecule has 0 aliphatic carbocycles. The highest BCUT2D eigenvalue weighted by atomic mass is 16.5. The van der Waals surface area contributed by atoms with Crippen molar-refractivity contribution < 1.29 is 4.74 Å². The highest BCUT2D eigenvalue weighted by Gasteiger charge is 2.23. The van der Waals surface area contributed by atoms with Gasteiger partial charge >= 0.3 is 0 Å². The third-order valence-corrected chi connectivity index (χ3v) is 3.39. The number of pyridine rings is 1. The minimum Gasteiger partial charge on any atom is -0.372 e. The molecule has 0 radical (unpaired) electrons. The van der Waals surface area contributed by atoms with Gasteiger partial charge in [-0.15, -0.1) is 0 Å². The number of aromatic nitrogens is 1. The number of nitrogens with zero attached hydrogens (tertiary/aromatic N) is 2. The Kier molecular flexibility index (Phi) is 5.38. The van der Waals surface area contributed by atoms with Gasteiger partial charge in [0.1, 0.15) is 5.82 Å². The number of nitrogens with one attached hydrogen (secondary N) is 1. The lowest BCUT2D eigenvalue weighted by atomic mass is 10.2. The molecule has 1 aromatic rings. The second kappa shape index (κ2) is 7.04. The number of anilines is 1. The maximum atomic E-state index is 5.78. The van der Waals surface area contributed by atoms with E-state index in [0.717, 1.165) is 37.7 Å². The monoisotopic (exact) mass is 277 g/mol. The van der Waals surface area contributed by atoms with Crippen LogP contribution in [0.15, 0.2) is 18.2 Å². The van der Waals surface area contributed by atoms with E-state index in [0.29, 0.717) is 5.92 Å². The summed E-state index contributed by atoms with van der Waals surface area (Å²) < 4.78 is 5.78. The SMILES string of the molecule is CC(C)CNCc1cccc(N2CC(C)OC(C)C2)n1. The van der Waals surface area contributed by atoms with Crippen molar-refractivity contribution in [3.05, 3.63) is 23.9 Å². The van der Waals surface area contributed by atoms with Gasteiger partial charge < -0.3 is 15.0 Å². The minimum atomic E-state index is 0.267. The molecule has 1 aliphatic heterocycles. The predicted molar refractivity (Wildman–Crippen MR) is 83.0 cm³/mol. The van der Waals surface area contributed by atoms with Crippen LogP contribution in [-0.2, 0) is 11.3 Å². The number of morpholine rings is 1. The van der Waals surface area contributed by atoms with E-state index >= 15 is 0 Å². The zero-order valence-electron chi connectivity index (χ0n) is 13.1. The Balaban J connectivity index is 1.98. The first-order valence-electron chi connectivity index (χ1n) is 7.61. The number of hydrogen-bond acceptors (Lipinski definition) is 4. The van der Waals surface area contributed by atoms with Crippen molar-refractivity contribution in [1.82, 2.24) is 10.3 Å². The van der Waals surface area contributed by atoms with Gasteiger partial charge in [0, 0.05) is 19.6 Å². The molecule has 0 amide bonds. The first kappa shape index (κ1) is 15.3.